The summed E-state index contributed by atoms with van der Waals surface area (Å²) < 4.78 is 0. The van der Waals surface area contributed by atoms with Crippen molar-refractivity contribution in [2.75, 3.05) is 5.48 Å². The topological polar surface area (TPSA) is 78.0 Å². The second kappa shape index (κ2) is 2.27. The third-order valence-electron chi connectivity index (χ3n) is 0.793. The molecule has 9 heavy (non-hydrogen) atoms. The maximum atomic E-state index is 10.4. The first-order valence-corrected chi connectivity index (χ1v) is 2.28. The molecule has 0 spiro atoms. The van der Waals surface area contributed by atoms with E-state index in [2.05, 4.69) is 9.97 Å². The van der Waals surface area contributed by atoms with Crippen LogP contribution < -0.4 is 11.0 Å². The van der Waals surface area contributed by atoms with E-state index in [1.807, 2.05) is 0 Å². The maximum Gasteiger partial charge on any atom is 0.252 e. The molecular weight excluding hydrogens is 122 g/mol. The Morgan fingerprint density at radius 2 is 2.56 bits per heavy atom. The summed E-state index contributed by atoms with van der Waals surface area (Å²) >= 11 is 0. The Balaban J connectivity index is 3.08. The predicted octanol–water partition coefficient (Wildman–Crippen LogP) is -0.429. The SMILES string of the molecule is O=c1cc(NO)nc[nH]1. The smallest absolute Gasteiger partial charge is 0.252 e. The van der Waals surface area contributed by atoms with Gasteiger partial charge < -0.3 is 4.98 Å². The average molecular weight is 127 g/mol. The minimum Gasteiger partial charge on any atom is -0.313 e. The fourth-order valence-electron chi connectivity index (χ4n) is 0.430. The van der Waals surface area contributed by atoms with Crippen molar-refractivity contribution in [1.82, 2.24) is 9.97 Å². The fourth-order valence-corrected chi connectivity index (χ4v) is 0.430. The van der Waals surface area contributed by atoms with Crippen molar-refractivity contribution in [3.63, 3.8) is 0 Å². The molecule has 0 atom stereocenters. The van der Waals surface area contributed by atoms with E-state index >= 15 is 0 Å². The zero-order valence-corrected chi connectivity index (χ0v) is 4.46. The van der Waals surface area contributed by atoms with Crippen molar-refractivity contribution < 1.29 is 5.21 Å². The molecule has 1 aromatic rings. The van der Waals surface area contributed by atoms with Crippen LogP contribution in [0.1, 0.15) is 0 Å². The van der Waals surface area contributed by atoms with Crippen LogP contribution in [0.25, 0.3) is 0 Å². The van der Waals surface area contributed by atoms with Gasteiger partial charge in [0, 0.05) is 6.07 Å². The Morgan fingerprint density at radius 3 is 3.00 bits per heavy atom. The summed E-state index contributed by atoms with van der Waals surface area (Å²) in [6.45, 7) is 0. The number of H-pyrrole nitrogens is 1. The molecular formula is C4H5N3O2. The molecule has 3 N–H and O–H groups in total. The fraction of sp³-hybridized carbons (Fsp3) is 0. The van der Waals surface area contributed by atoms with Crippen LogP contribution in [0.2, 0.25) is 0 Å². The van der Waals surface area contributed by atoms with Crippen LogP contribution in [0.3, 0.4) is 0 Å². The summed E-state index contributed by atoms with van der Waals surface area (Å²) in [5.41, 5.74) is 1.43. The number of anilines is 1. The molecule has 0 fully saturated rings. The molecule has 0 aromatic carbocycles. The van der Waals surface area contributed by atoms with Gasteiger partial charge in [0.05, 0.1) is 6.33 Å². The van der Waals surface area contributed by atoms with Gasteiger partial charge >= 0.3 is 0 Å². The Hall–Kier alpha value is -1.36. The minimum absolute atomic E-state index is 0.138. The molecule has 0 radical (unpaired) electrons. The van der Waals surface area contributed by atoms with Gasteiger partial charge in [-0.1, -0.05) is 0 Å². The highest BCUT2D eigenvalue weighted by molar-refractivity contribution is 5.27. The van der Waals surface area contributed by atoms with Crippen LogP contribution in [0.4, 0.5) is 5.82 Å². The summed E-state index contributed by atoms with van der Waals surface area (Å²) in [6, 6.07) is 1.14. The van der Waals surface area contributed by atoms with Crippen LogP contribution in [-0.4, -0.2) is 15.2 Å². The third kappa shape index (κ3) is 1.26. The van der Waals surface area contributed by atoms with E-state index < -0.39 is 0 Å². The van der Waals surface area contributed by atoms with Crippen molar-refractivity contribution in [2.45, 2.75) is 0 Å². The Morgan fingerprint density at radius 1 is 1.78 bits per heavy atom. The number of hydrogen-bond donors (Lipinski definition) is 3. The lowest BCUT2D eigenvalue weighted by Gasteiger charge is -1.91. The first-order chi connectivity index (χ1) is 4.33. The van der Waals surface area contributed by atoms with Gasteiger partial charge in [-0.15, -0.1) is 0 Å². The second-order valence-corrected chi connectivity index (χ2v) is 1.41. The van der Waals surface area contributed by atoms with Gasteiger partial charge in [-0.2, -0.15) is 0 Å². The van der Waals surface area contributed by atoms with Gasteiger partial charge in [-0.3, -0.25) is 15.5 Å². The molecule has 0 unspecified atom stereocenters. The molecule has 0 aliphatic carbocycles. The van der Waals surface area contributed by atoms with Crippen LogP contribution >= 0.6 is 0 Å². The van der Waals surface area contributed by atoms with Crippen molar-refractivity contribution in [1.29, 1.82) is 0 Å². The van der Waals surface area contributed by atoms with Gasteiger partial charge in [0.15, 0.2) is 5.82 Å². The number of nitrogens with zero attached hydrogens (tertiary/aromatic N) is 1. The van der Waals surface area contributed by atoms with Crippen molar-refractivity contribution >= 4 is 5.82 Å². The van der Waals surface area contributed by atoms with Gasteiger partial charge in [-0.05, 0) is 0 Å². The Bertz CT molecular complexity index is 244. The van der Waals surface area contributed by atoms with Crippen molar-refractivity contribution in [3.05, 3.63) is 22.7 Å². The number of nitrogens with one attached hydrogen (secondary N) is 2. The summed E-state index contributed by atoms with van der Waals surface area (Å²) in [6.07, 6.45) is 1.20. The van der Waals surface area contributed by atoms with Gasteiger partial charge in [-0.25, -0.2) is 4.98 Å². The molecule has 0 amide bonds. The molecule has 0 aliphatic heterocycles. The van der Waals surface area contributed by atoms with Gasteiger partial charge in [0.1, 0.15) is 0 Å². The number of hydrogen-bond acceptors (Lipinski definition) is 4. The van der Waals surface area contributed by atoms with E-state index in [0.29, 0.717) is 0 Å². The Kier molecular flexibility index (Phi) is 1.46. The molecule has 0 saturated carbocycles. The second-order valence-electron chi connectivity index (χ2n) is 1.41. The molecule has 0 aliphatic rings. The predicted molar refractivity (Wildman–Crippen MR) is 30.3 cm³/mol. The number of aromatic nitrogens is 2. The molecule has 0 bridgehead atoms. The van der Waals surface area contributed by atoms with Crippen LogP contribution in [0.15, 0.2) is 17.2 Å². The highest BCUT2D eigenvalue weighted by atomic mass is 16.5. The van der Waals surface area contributed by atoms with Crippen LogP contribution in [0.5, 0.6) is 0 Å². The van der Waals surface area contributed by atoms with E-state index in [0.717, 1.165) is 6.07 Å². The summed E-state index contributed by atoms with van der Waals surface area (Å²) in [7, 11) is 0. The number of aromatic amines is 1. The van der Waals surface area contributed by atoms with E-state index in [-0.39, 0.29) is 11.4 Å². The lowest BCUT2D eigenvalue weighted by Crippen LogP contribution is -2.06. The summed E-state index contributed by atoms with van der Waals surface area (Å²) in [5.74, 6) is 0.138. The summed E-state index contributed by atoms with van der Waals surface area (Å²) in [4.78, 5) is 16.2. The van der Waals surface area contributed by atoms with E-state index in [9.17, 15) is 4.79 Å². The lowest BCUT2D eigenvalue weighted by atomic mass is 10.6. The first kappa shape index (κ1) is 5.77. The largest absolute Gasteiger partial charge is 0.313 e. The first-order valence-electron chi connectivity index (χ1n) is 2.28. The quantitative estimate of drug-likeness (QED) is 0.447. The normalized spacial score (nSPS) is 9.00. The van der Waals surface area contributed by atoms with Gasteiger partial charge in [0.25, 0.3) is 5.56 Å². The van der Waals surface area contributed by atoms with Gasteiger partial charge in [0.2, 0.25) is 0 Å². The Labute approximate surface area is 50.3 Å². The van der Waals surface area contributed by atoms with Crippen molar-refractivity contribution in [2.24, 2.45) is 0 Å². The highest BCUT2D eigenvalue weighted by Gasteiger charge is 1.87. The third-order valence-corrected chi connectivity index (χ3v) is 0.793. The number of rotatable bonds is 1. The zero-order chi connectivity index (χ0) is 6.69. The molecule has 0 saturated heterocycles. The monoisotopic (exact) mass is 127 g/mol. The molecule has 1 aromatic heterocycles. The molecule has 5 heteroatoms. The molecule has 5 nitrogen and oxygen atoms in total. The zero-order valence-electron chi connectivity index (χ0n) is 4.46. The van der Waals surface area contributed by atoms with Crippen molar-refractivity contribution in [3.8, 4) is 0 Å². The van der Waals surface area contributed by atoms with E-state index in [1.54, 1.807) is 5.48 Å². The lowest BCUT2D eigenvalue weighted by molar-refractivity contribution is 0.385. The highest BCUT2D eigenvalue weighted by Crippen LogP contribution is 1.89. The van der Waals surface area contributed by atoms with E-state index in [1.165, 1.54) is 6.33 Å². The van der Waals surface area contributed by atoms with Crippen LogP contribution in [-0.2, 0) is 0 Å². The maximum absolute atomic E-state index is 10.4. The molecule has 48 valence electrons. The molecule has 1 rings (SSSR count). The average Bonchev–Trinajstić information content (AvgIpc) is 1.88. The minimum atomic E-state index is -0.304. The van der Waals surface area contributed by atoms with Crippen LogP contribution in [0, 0.1) is 0 Å². The summed E-state index contributed by atoms with van der Waals surface area (Å²) in [5, 5.41) is 8.20. The molecule has 1 heterocycles. The van der Waals surface area contributed by atoms with E-state index in [4.69, 9.17) is 5.21 Å². The standard InChI is InChI=1S/C4H5N3O2/c8-4-1-3(7-9)5-2-6-4/h1-2,9H,(H2,5,6,7,8).